The molecule has 1 aromatic heterocycles. The Hall–Kier alpha value is -0.700. The maximum Gasteiger partial charge on any atom is 0.135 e. The first-order valence-corrected chi connectivity index (χ1v) is 4.13. The predicted octanol–water partition coefficient (Wildman–Crippen LogP) is 1.81. The fourth-order valence-electron chi connectivity index (χ4n) is 0.689. The summed E-state index contributed by atoms with van der Waals surface area (Å²) in [5.41, 5.74) is 0. The van der Waals surface area contributed by atoms with Crippen LogP contribution in [0.4, 0.5) is 0 Å². The van der Waals surface area contributed by atoms with E-state index < -0.39 is 0 Å². The van der Waals surface area contributed by atoms with E-state index in [0.717, 1.165) is 10.6 Å². The highest BCUT2D eigenvalue weighted by Gasteiger charge is 1.97. The lowest BCUT2D eigenvalue weighted by Crippen LogP contribution is -1.85. The number of thioether (sulfide) groups is 1. The van der Waals surface area contributed by atoms with Gasteiger partial charge in [0.15, 0.2) is 0 Å². The summed E-state index contributed by atoms with van der Waals surface area (Å²) in [7, 11) is 1.66. The average Bonchev–Trinajstić information content (AvgIpc) is 2.04. The molecule has 0 atom stereocenters. The van der Waals surface area contributed by atoms with Gasteiger partial charge in [-0.2, -0.15) is 0 Å². The van der Waals surface area contributed by atoms with Gasteiger partial charge in [-0.3, -0.25) is 4.98 Å². The van der Waals surface area contributed by atoms with Crippen LogP contribution in [0.25, 0.3) is 0 Å². The van der Waals surface area contributed by atoms with Crippen molar-refractivity contribution >= 4 is 11.8 Å². The Labute approximate surface area is 64.6 Å². The lowest BCUT2D eigenvalue weighted by molar-refractivity contribution is 0.404. The molecule has 0 bridgehead atoms. The molecular formula is C7H9NOS. The molecule has 0 amide bonds. The van der Waals surface area contributed by atoms with Crippen molar-refractivity contribution in [2.45, 2.75) is 4.90 Å². The second-order valence-electron chi connectivity index (χ2n) is 1.73. The summed E-state index contributed by atoms with van der Waals surface area (Å²) in [6.07, 6.45) is 5.52. The van der Waals surface area contributed by atoms with Gasteiger partial charge in [-0.15, -0.1) is 11.8 Å². The van der Waals surface area contributed by atoms with E-state index in [1.54, 1.807) is 31.3 Å². The minimum Gasteiger partial charge on any atom is -0.495 e. The van der Waals surface area contributed by atoms with Crippen LogP contribution in [0.5, 0.6) is 5.75 Å². The smallest absolute Gasteiger partial charge is 0.135 e. The van der Waals surface area contributed by atoms with Gasteiger partial charge in [-0.05, 0) is 12.3 Å². The number of methoxy groups -OCH3 is 1. The lowest BCUT2D eigenvalue weighted by Gasteiger charge is -2.02. The normalized spacial score (nSPS) is 9.40. The standard InChI is InChI=1S/C7H9NOS/c1-9-6-3-4-8-5-7(6)10-2/h3-5H,1-2H3. The maximum absolute atomic E-state index is 5.08. The van der Waals surface area contributed by atoms with Crippen LogP contribution in [0, 0.1) is 0 Å². The van der Waals surface area contributed by atoms with E-state index >= 15 is 0 Å². The largest absolute Gasteiger partial charge is 0.495 e. The molecule has 0 aliphatic carbocycles. The van der Waals surface area contributed by atoms with Gasteiger partial charge in [0, 0.05) is 12.4 Å². The molecule has 0 aromatic carbocycles. The third-order valence-electron chi connectivity index (χ3n) is 1.19. The molecule has 2 nitrogen and oxygen atoms in total. The lowest BCUT2D eigenvalue weighted by atomic mass is 10.4. The van der Waals surface area contributed by atoms with Crippen LogP contribution in [-0.4, -0.2) is 18.3 Å². The molecule has 1 heterocycles. The van der Waals surface area contributed by atoms with Crippen molar-refractivity contribution in [3.05, 3.63) is 18.5 Å². The molecule has 1 aromatic rings. The molecule has 0 saturated heterocycles. The Kier molecular flexibility index (Phi) is 2.57. The topological polar surface area (TPSA) is 22.1 Å². The molecule has 0 fully saturated rings. The highest BCUT2D eigenvalue weighted by molar-refractivity contribution is 7.98. The predicted molar refractivity (Wildman–Crippen MR) is 42.6 cm³/mol. The third kappa shape index (κ3) is 1.42. The quantitative estimate of drug-likeness (QED) is 0.608. The van der Waals surface area contributed by atoms with Crippen molar-refractivity contribution < 1.29 is 4.74 Å². The summed E-state index contributed by atoms with van der Waals surface area (Å²) >= 11 is 1.63. The van der Waals surface area contributed by atoms with E-state index in [4.69, 9.17) is 4.74 Å². The Morgan fingerprint density at radius 1 is 1.60 bits per heavy atom. The molecule has 0 unspecified atom stereocenters. The fraction of sp³-hybridized carbons (Fsp3) is 0.286. The van der Waals surface area contributed by atoms with Gasteiger partial charge in [0.25, 0.3) is 0 Å². The summed E-state index contributed by atoms with van der Waals surface area (Å²) in [6.45, 7) is 0. The molecule has 0 spiro atoms. The van der Waals surface area contributed by atoms with Crippen molar-refractivity contribution in [1.29, 1.82) is 0 Å². The van der Waals surface area contributed by atoms with Crippen LogP contribution >= 0.6 is 11.8 Å². The maximum atomic E-state index is 5.08. The van der Waals surface area contributed by atoms with Crippen LogP contribution in [-0.2, 0) is 0 Å². The van der Waals surface area contributed by atoms with Gasteiger partial charge < -0.3 is 4.74 Å². The number of nitrogens with zero attached hydrogens (tertiary/aromatic N) is 1. The Morgan fingerprint density at radius 3 is 2.90 bits per heavy atom. The van der Waals surface area contributed by atoms with E-state index in [1.807, 2.05) is 12.3 Å². The van der Waals surface area contributed by atoms with E-state index in [1.165, 1.54) is 0 Å². The van der Waals surface area contributed by atoms with Gasteiger partial charge >= 0.3 is 0 Å². The monoisotopic (exact) mass is 155 g/mol. The highest BCUT2D eigenvalue weighted by atomic mass is 32.2. The number of hydrogen-bond acceptors (Lipinski definition) is 3. The molecule has 0 N–H and O–H groups in total. The highest BCUT2D eigenvalue weighted by Crippen LogP contribution is 2.24. The first-order valence-electron chi connectivity index (χ1n) is 2.90. The fourth-order valence-corrected chi connectivity index (χ4v) is 1.21. The van der Waals surface area contributed by atoms with Gasteiger partial charge in [0.05, 0.1) is 12.0 Å². The Bertz CT molecular complexity index is 192. The van der Waals surface area contributed by atoms with Crippen molar-refractivity contribution in [2.24, 2.45) is 0 Å². The van der Waals surface area contributed by atoms with E-state index in [0.29, 0.717) is 0 Å². The molecule has 0 saturated carbocycles. The van der Waals surface area contributed by atoms with Crippen LogP contribution in [0.3, 0.4) is 0 Å². The zero-order chi connectivity index (χ0) is 7.40. The zero-order valence-electron chi connectivity index (χ0n) is 6.00. The minimum atomic E-state index is 0.891. The average molecular weight is 155 g/mol. The van der Waals surface area contributed by atoms with Crippen LogP contribution in [0.15, 0.2) is 23.4 Å². The molecule has 1 rings (SSSR count). The second-order valence-corrected chi connectivity index (χ2v) is 2.58. The van der Waals surface area contributed by atoms with Gasteiger partial charge in [-0.1, -0.05) is 0 Å². The van der Waals surface area contributed by atoms with E-state index in [9.17, 15) is 0 Å². The van der Waals surface area contributed by atoms with Crippen LogP contribution in [0.1, 0.15) is 0 Å². The SMILES string of the molecule is COc1ccncc1SC. The first-order chi connectivity index (χ1) is 4.88. The number of pyridine rings is 1. The number of aromatic nitrogens is 1. The van der Waals surface area contributed by atoms with Gasteiger partial charge in [0.1, 0.15) is 5.75 Å². The summed E-state index contributed by atoms with van der Waals surface area (Å²) in [4.78, 5) is 5.04. The summed E-state index contributed by atoms with van der Waals surface area (Å²) in [5, 5.41) is 0. The van der Waals surface area contributed by atoms with Crippen molar-refractivity contribution in [3.63, 3.8) is 0 Å². The number of ether oxygens (including phenoxy) is 1. The van der Waals surface area contributed by atoms with E-state index in [2.05, 4.69) is 4.98 Å². The van der Waals surface area contributed by atoms with Crippen LogP contribution in [0.2, 0.25) is 0 Å². The molecule has 10 heavy (non-hydrogen) atoms. The molecule has 54 valence electrons. The van der Waals surface area contributed by atoms with Gasteiger partial charge in [0.2, 0.25) is 0 Å². The summed E-state index contributed by atoms with van der Waals surface area (Å²) < 4.78 is 5.08. The van der Waals surface area contributed by atoms with Gasteiger partial charge in [-0.25, -0.2) is 0 Å². The third-order valence-corrected chi connectivity index (χ3v) is 1.93. The van der Waals surface area contributed by atoms with Crippen molar-refractivity contribution in [3.8, 4) is 5.75 Å². The molecule has 0 aliphatic rings. The molecular weight excluding hydrogens is 146 g/mol. The van der Waals surface area contributed by atoms with Crippen molar-refractivity contribution in [2.75, 3.05) is 13.4 Å². The minimum absolute atomic E-state index is 0.891. The van der Waals surface area contributed by atoms with Crippen LogP contribution < -0.4 is 4.74 Å². The second kappa shape index (κ2) is 3.46. The Morgan fingerprint density at radius 2 is 2.40 bits per heavy atom. The number of hydrogen-bond donors (Lipinski definition) is 0. The summed E-state index contributed by atoms with van der Waals surface area (Å²) in [6, 6.07) is 1.85. The Balaban J connectivity index is 2.96. The molecule has 0 radical (unpaired) electrons. The van der Waals surface area contributed by atoms with Crippen molar-refractivity contribution in [1.82, 2.24) is 4.98 Å². The molecule has 3 heteroatoms. The first kappa shape index (κ1) is 7.41. The van der Waals surface area contributed by atoms with E-state index in [-0.39, 0.29) is 0 Å². The number of rotatable bonds is 2. The zero-order valence-corrected chi connectivity index (χ0v) is 6.81. The molecule has 0 aliphatic heterocycles. The summed E-state index contributed by atoms with van der Waals surface area (Å²) in [5.74, 6) is 0.891.